The molecule has 0 aliphatic heterocycles. The summed E-state index contributed by atoms with van der Waals surface area (Å²) in [6, 6.07) is 4.98. The molecule has 336 valence electrons. The maximum Gasteiger partial charge on any atom is 0.311 e. The molecule has 0 aliphatic carbocycles. The molecule has 0 saturated heterocycles. The molecular weight excluding hydrogens is 798 g/mol. The van der Waals surface area contributed by atoms with E-state index in [1.54, 1.807) is 0 Å². The maximum absolute atomic E-state index is 13.5. The van der Waals surface area contributed by atoms with Gasteiger partial charge in [-0.1, -0.05) is 17.8 Å². The molecule has 1 rings (SSSR count). The van der Waals surface area contributed by atoms with Crippen LogP contribution in [0.3, 0.4) is 0 Å². The first-order valence-electron chi connectivity index (χ1n) is 19.9. The van der Waals surface area contributed by atoms with Crippen molar-refractivity contribution in [2.75, 3.05) is 98.9 Å². The van der Waals surface area contributed by atoms with Crippen LogP contribution in [0.25, 0.3) is 0 Å². The number of nitrogens with zero attached hydrogens (tertiary/aromatic N) is 1. The summed E-state index contributed by atoms with van der Waals surface area (Å²) in [5, 5.41) is 22.2. The molecule has 0 unspecified atom stereocenters. The number of hydrogen-bond donors (Lipinski definition) is 4. The van der Waals surface area contributed by atoms with Crippen molar-refractivity contribution in [3.05, 3.63) is 34.4 Å². The minimum atomic E-state index is -1.21. The fourth-order valence-electron chi connectivity index (χ4n) is 5.30. The monoisotopic (exact) mass is 857 g/mol. The van der Waals surface area contributed by atoms with Crippen molar-refractivity contribution in [2.45, 2.75) is 63.3 Å². The number of hydrogen-bond acceptors (Lipinski definition) is 14. The molecule has 0 saturated carbocycles. The highest BCUT2D eigenvalue weighted by Gasteiger charge is 2.33. The summed E-state index contributed by atoms with van der Waals surface area (Å²) >= 11 is 0. The Labute approximate surface area is 357 Å². The van der Waals surface area contributed by atoms with Gasteiger partial charge in [-0.25, -0.2) is 0 Å². The van der Waals surface area contributed by atoms with E-state index in [1.165, 1.54) is 24.3 Å². The molecule has 0 spiro atoms. The van der Waals surface area contributed by atoms with Gasteiger partial charge >= 0.3 is 5.97 Å². The van der Waals surface area contributed by atoms with E-state index in [-0.39, 0.29) is 166 Å². The van der Waals surface area contributed by atoms with E-state index in [4.69, 9.17) is 52.4 Å². The Hall–Kier alpha value is -5.59. The first-order valence-corrected chi connectivity index (χ1v) is 19.9. The molecule has 1 aromatic carbocycles. The van der Waals surface area contributed by atoms with Gasteiger partial charge in [0, 0.05) is 69.4 Å². The topological polar surface area (TPSA) is 241 Å². The Morgan fingerprint density at radius 2 is 0.951 bits per heavy atom. The number of nitrogens with one attached hydrogen (secondary N) is 4. The van der Waals surface area contributed by atoms with Crippen LogP contribution in [0.5, 0.6) is 5.75 Å². The van der Waals surface area contributed by atoms with Crippen LogP contribution in [0.1, 0.15) is 57.8 Å². The summed E-state index contributed by atoms with van der Waals surface area (Å²) in [5.41, 5.74) is -1.37. The Bertz CT molecular complexity index is 1470. The van der Waals surface area contributed by atoms with Crippen molar-refractivity contribution in [1.82, 2.24) is 21.3 Å². The van der Waals surface area contributed by atoms with Crippen molar-refractivity contribution in [1.29, 1.82) is 0 Å². The maximum atomic E-state index is 13.5. The average molecular weight is 858 g/mol. The minimum absolute atomic E-state index is 0.0651. The summed E-state index contributed by atoms with van der Waals surface area (Å²) in [6.45, 7) is 3.46. The summed E-state index contributed by atoms with van der Waals surface area (Å²) in [4.78, 5) is 75.4. The molecule has 4 N–H and O–H groups in total. The first-order chi connectivity index (χ1) is 29.5. The van der Waals surface area contributed by atoms with Crippen LogP contribution in [-0.2, 0) is 52.4 Å². The Morgan fingerprint density at radius 3 is 1.33 bits per heavy atom. The van der Waals surface area contributed by atoms with E-state index in [0.29, 0.717) is 19.8 Å². The molecule has 0 bridgehead atoms. The fourth-order valence-corrected chi connectivity index (χ4v) is 5.30. The quantitative estimate of drug-likeness (QED) is 0.0184. The van der Waals surface area contributed by atoms with Gasteiger partial charge < -0.3 is 54.4 Å². The van der Waals surface area contributed by atoms with Gasteiger partial charge in [-0.2, -0.15) is 0 Å². The third-order valence-electron chi connectivity index (χ3n) is 8.34. The molecule has 0 radical (unpaired) electrons. The lowest BCUT2D eigenvalue weighted by molar-refractivity contribution is -0.384. The molecular formula is C42H59N5O14. The molecule has 19 nitrogen and oxygen atoms in total. The van der Waals surface area contributed by atoms with Crippen LogP contribution < -0.4 is 26.0 Å². The zero-order valence-electron chi connectivity index (χ0n) is 34.7. The molecule has 1 aromatic rings. The van der Waals surface area contributed by atoms with Gasteiger partial charge in [0.05, 0.1) is 64.4 Å². The van der Waals surface area contributed by atoms with E-state index < -0.39 is 22.3 Å². The van der Waals surface area contributed by atoms with E-state index in [9.17, 15) is 34.1 Å². The lowest BCUT2D eigenvalue weighted by Crippen LogP contribution is -2.50. The third-order valence-corrected chi connectivity index (χ3v) is 8.34. The predicted octanol–water partition coefficient (Wildman–Crippen LogP) is 1.21. The number of terminal acetylenes is 3. The van der Waals surface area contributed by atoms with Crippen LogP contribution in [0.2, 0.25) is 0 Å². The second-order valence-corrected chi connectivity index (χ2v) is 13.1. The summed E-state index contributed by atoms with van der Waals surface area (Å²) < 4.78 is 37.0. The number of amides is 4. The van der Waals surface area contributed by atoms with Gasteiger partial charge in [-0.15, -0.1) is 19.3 Å². The number of carbonyl (C=O) groups is 5. The number of rotatable bonds is 37. The predicted molar refractivity (Wildman–Crippen MR) is 222 cm³/mol. The first kappa shape index (κ1) is 53.4. The fraction of sp³-hybridized carbons (Fsp3) is 0.595. The largest absolute Gasteiger partial charge is 0.427 e. The molecule has 0 aliphatic rings. The molecule has 0 fully saturated rings. The molecule has 0 aromatic heterocycles. The second kappa shape index (κ2) is 35.2. The third kappa shape index (κ3) is 29.3. The summed E-state index contributed by atoms with van der Waals surface area (Å²) in [6.07, 6.45) is 15.2. The van der Waals surface area contributed by atoms with E-state index in [1.807, 2.05) is 0 Å². The van der Waals surface area contributed by atoms with Crippen LogP contribution in [0.4, 0.5) is 5.69 Å². The average Bonchev–Trinajstić information content (AvgIpc) is 3.24. The zero-order valence-corrected chi connectivity index (χ0v) is 34.7. The van der Waals surface area contributed by atoms with Gasteiger partial charge in [0.15, 0.2) is 0 Å². The van der Waals surface area contributed by atoms with Gasteiger partial charge in [0.2, 0.25) is 23.6 Å². The number of nitro benzene ring substituents is 1. The molecule has 19 heteroatoms. The zero-order chi connectivity index (χ0) is 44.8. The van der Waals surface area contributed by atoms with Crippen LogP contribution >= 0.6 is 0 Å². The van der Waals surface area contributed by atoms with Gasteiger partial charge in [-0.3, -0.25) is 34.1 Å². The Balaban J connectivity index is 3.00. The van der Waals surface area contributed by atoms with Crippen molar-refractivity contribution < 1.29 is 62.1 Å². The number of nitro groups is 1. The second-order valence-electron chi connectivity index (χ2n) is 13.1. The number of esters is 1. The normalized spacial score (nSPS) is 10.7. The highest BCUT2D eigenvalue weighted by molar-refractivity contribution is 5.80. The van der Waals surface area contributed by atoms with Gasteiger partial charge in [0.25, 0.3) is 5.69 Å². The molecule has 0 heterocycles. The SMILES string of the molecule is C#CCOCCOCCNC(=O)CCC(CCC(=O)NCCOCCOCC#C)(CCC(=O)NCCOCCOCC#C)NC(=O)CCCC(=O)Oc1ccc([N+](=O)[O-])cc1. The number of ether oxygens (including phenoxy) is 7. The summed E-state index contributed by atoms with van der Waals surface area (Å²) in [5.74, 6) is 4.99. The van der Waals surface area contributed by atoms with Crippen LogP contribution in [0, 0.1) is 47.1 Å². The lowest BCUT2D eigenvalue weighted by atomic mass is 9.83. The van der Waals surface area contributed by atoms with Crippen LogP contribution in [-0.4, -0.2) is 139 Å². The van der Waals surface area contributed by atoms with Crippen molar-refractivity contribution in [3.63, 3.8) is 0 Å². The van der Waals surface area contributed by atoms with Crippen molar-refractivity contribution >= 4 is 35.3 Å². The minimum Gasteiger partial charge on any atom is -0.427 e. The standard InChI is InChI=1S/C42H59N5O14/c1-4-23-55-29-32-58-26-20-43-37(48)14-17-42(18-15-38(49)44-21-27-59-33-30-56-24-5-2,19-16-39(50)45-22-28-60-34-31-57-25-6-3)46-40(51)8-7-9-41(52)61-36-12-10-35(11-13-36)47(53)54/h1-3,10-13H,7-9,14-34H2,(H,43,48)(H,44,49)(H,45,50)(H,46,51). The van der Waals surface area contributed by atoms with Crippen molar-refractivity contribution in [2.24, 2.45) is 0 Å². The highest BCUT2D eigenvalue weighted by atomic mass is 16.6. The van der Waals surface area contributed by atoms with Gasteiger partial charge in [0.1, 0.15) is 25.6 Å². The van der Waals surface area contributed by atoms with E-state index in [2.05, 4.69) is 39.0 Å². The van der Waals surface area contributed by atoms with Crippen LogP contribution in [0.15, 0.2) is 24.3 Å². The summed E-state index contributed by atoms with van der Waals surface area (Å²) in [7, 11) is 0. The van der Waals surface area contributed by atoms with Gasteiger partial charge in [-0.05, 0) is 37.8 Å². The van der Waals surface area contributed by atoms with E-state index >= 15 is 0 Å². The number of carbonyl (C=O) groups excluding carboxylic acids is 5. The molecule has 61 heavy (non-hydrogen) atoms. The molecule has 4 amide bonds. The smallest absolute Gasteiger partial charge is 0.311 e. The number of non-ortho nitro benzene ring substituents is 1. The molecule has 0 atom stereocenters. The Morgan fingerprint density at radius 1 is 0.557 bits per heavy atom. The highest BCUT2D eigenvalue weighted by Crippen LogP contribution is 2.27. The van der Waals surface area contributed by atoms with Crippen molar-refractivity contribution in [3.8, 4) is 42.8 Å². The number of benzene rings is 1. The Kier molecular flexibility index (Phi) is 30.8. The lowest BCUT2D eigenvalue weighted by Gasteiger charge is -2.35. The van der Waals surface area contributed by atoms with E-state index in [0.717, 1.165) is 0 Å².